The zero-order valence-electron chi connectivity index (χ0n) is 8.76. The summed E-state index contributed by atoms with van der Waals surface area (Å²) in [4.78, 5) is 10.4. The van der Waals surface area contributed by atoms with Gasteiger partial charge in [-0.15, -0.1) is 10.2 Å². The lowest BCUT2D eigenvalue weighted by Crippen LogP contribution is -2.48. The number of halogens is 1. The van der Waals surface area contributed by atoms with E-state index < -0.39 is 6.09 Å². The number of aromatic nitrogens is 2. The van der Waals surface area contributed by atoms with Crippen molar-refractivity contribution in [2.24, 2.45) is 0 Å². The topological polar surface area (TPSA) is 110 Å². The summed E-state index contributed by atoms with van der Waals surface area (Å²) in [5.74, 6) is 0.549. The van der Waals surface area contributed by atoms with Crippen molar-refractivity contribution in [3.63, 3.8) is 0 Å². The molecule has 0 unspecified atom stereocenters. The van der Waals surface area contributed by atoms with Crippen LogP contribution in [0.5, 0.6) is 5.75 Å². The van der Waals surface area contributed by atoms with E-state index in [2.05, 4.69) is 15.5 Å². The minimum absolute atomic E-state index is 0.0657. The molecular weight excluding hydrogens is 248 g/mol. The van der Waals surface area contributed by atoms with Crippen molar-refractivity contribution in [3.05, 3.63) is 11.2 Å². The van der Waals surface area contributed by atoms with Crippen molar-refractivity contribution < 1.29 is 14.6 Å². The SMILES string of the molecule is Nc1nnc(Cl)cc1O[C@H]1C[C@H](NC(=O)O)C1. The van der Waals surface area contributed by atoms with Gasteiger partial charge in [-0.25, -0.2) is 4.79 Å². The van der Waals surface area contributed by atoms with E-state index >= 15 is 0 Å². The molecule has 0 atom stereocenters. The second-order valence-electron chi connectivity index (χ2n) is 3.77. The van der Waals surface area contributed by atoms with E-state index in [0.717, 1.165) is 0 Å². The van der Waals surface area contributed by atoms with Gasteiger partial charge in [-0.1, -0.05) is 11.6 Å². The molecule has 1 aliphatic rings. The lowest BCUT2D eigenvalue weighted by molar-refractivity contribution is 0.0836. The number of nitrogens with two attached hydrogens (primary N) is 1. The molecule has 17 heavy (non-hydrogen) atoms. The zero-order chi connectivity index (χ0) is 12.4. The highest BCUT2D eigenvalue weighted by Gasteiger charge is 2.32. The van der Waals surface area contributed by atoms with Gasteiger partial charge in [0.05, 0.1) is 0 Å². The van der Waals surface area contributed by atoms with Crippen LogP contribution in [-0.2, 0) is 0 Å². The zero-order valence-corrected chi connectivity index (χ0v) is 9.52. The van der Waals surface area contributed by atoms with Crippen molar-refractivity contribution in [2.75, 3.05) is 5.73 Å². The third-order valence-corrected chi connectivity index (χ3v) is 2.66. The molecule has 0 bridgehead atoms. The number of ether oxygens (including phenoxy) is 1. The molecule has 1 fully saturated rings. The molecule has 0 radical (unpaired) electrons. The first kappa shape index (κ1) is 11.7. The number of rotatable bonds is 3. The van der Waals surface area contributed by atoms with Gasteiger partial charge in [-0.05, 0) is 0 Å². The molecule has 0 spiro atoms. The second kappa shape index (κ2) is 4.62. The van der Waals surface area contributed by atoms with Crippen molar-refractivity contribution in [3.8, 4) is 5.75 Å². The molecule has 1 amide bonds. The van der Waals surface area contributed by atoms with Crippen LogP contribution in [-0.4, -0.2) is 33.5 Å². The lowest BCUT2D eigenvalue weighted by Gasteiger charge is -2.35. The molecular formula is C9H11ClN4O3. The van der Waals surface area contributed by atoms with Crippen molar-refractivity contribution in [1.82, 2.24) is 15.5 Å². The minimum atomic E-state index is -1.03. The van der Waals surface area contributed by atoms with Gasteiger partial charge in [0.1, 0.15) is 6.10 Å². The quantitative estimate of drug-likeness (QED) is 0.743. The molecule has 1 aliphatic carbocycles. The number of amides is 1. The predicted molar refractivity (Wildman–Crippen MR) is 60.1 cm³/mol. The maximum absolute atomic E-state index is 10.4. The molecule has 1 aromatic rings. The van der Waals surface area contributed by atoms with E-state index in [1.807, 2.05) is 0 Å². The number of nitrogen functional groups attached to an aromatic ring is 1. The molecule has 8 heteroatoms. The Morgan fingerprint density at radius 3 is 2.94 bits per heavy atom. The van der Waals surface area contributed by atoms with Gasteiger partial charge in [0.15, 0.2) is 16.7 Å². The largest absolute Gasteiger partial charge is 0.486 e. The summed E-state index contributed by atoms with van der Waals surface area (Å²) in [6, 6.07) is 1.42. The molecule has 4 N–H and O–H groups in total. The maximum Gasteiger partial charge on any atom is 0.404 e. The summed E-state index contributed by atoms with van der Waals surface area (Å²) < 4.78 is 5.53. The Morgan fingerprint density at radius 2 is 2.29 bits per heavy atom. The van der Waals surface area contributed by atoms with E-state index in [1.165, 1.54) is 6.07 Å². The highest BCUT2D eigenvalue weighted by Crippen LogP contribution is 2.29. The average molecular weight is 259 g/mol. The van der Waals surface area contributed by atoms with Crippen LogP contribution in [0.25, 0.3) is 0 Å². The van der Waals surface area contributed by atoms with Gasteiger partial charge in [0.2, 0.25) is 0 Å². The Kier molecular flexibility index (Phi) is 3.19. The number of nitrogens with one attached hydrogen (secondary N) is 1. The normalized spacial score (nSPS) is 22.6. The van der Waals surface area contributed by atoms with Crippen LogP contribution >= 0.6 is 11.6 Å². The van der Waals surface area contributed by atoms with Gasteiger partial charge in [-0.2, -0.15) is 0 Å². The number of nitrogens with zero attached hydrogens (tertiary/aromatic N) is 2. The fraction of sp³-hybridized carbons (Fsp3) is 0.444. The number of carboxylic acid groups (broad SMARTS) is 1. The van der Waals surface area contributed by atoms with Crippen LogP contribution in [0.1, 0.15) is 12.8 Å². The van der Waals surface area contributed by atoms with Gasteiger partial charge in [-0.3, -0.25) is 0 Å². The minimum Gasteiger partial charge on any atom is -0.486 e. The summed E-state index contributed by atoms with van der Waals surface area (Å²) >= 11 is 5.66. The van der Waals surface area contributed by atoms with Crippen LogP contribution in [0.2, 0.25) is 5.15 Å². The van der Waals surface area contributed by atoms with Crippen LogP contribution in [0.3, 0.4) is 0 Å². The molecule has 1 saturated carbocycles. The van der Waals surface area contributed by atoms with Crippen LogP contribution in [0, 0.1) is 0 Å². The summed E-state index contributed by atoms with van der Waals surface area (Å²) in [6.45, 7) is 0. The first-order valence-electron chi connectivity index (χ1n) is 4.99. The highest BCUT2D eigenvalue weighted by atomic mass is 35.5. The smallest absolute Gasteiger partial charge is 0.404 e. The molecule has 1 heterocycles. The van der Waals surface area contributed by atoms with Gasteiger partial charge in [0, 0.05) is 24.9 Å². The molecule has 0 saturated heterocycles. The maximum atomic E-state index is 10.4. The van der Waals surface area contributed by atoms with E-state index in [9.17, 15) is 4.79 Å². The highest BCUT2D eigenvalue weighted by molar-refractivity contribution is 6.29. The molecule has 0 aromatic carbocycles. The van der Waals surface area contributed by atoms with E-state index in [0.29, 0.717) is 18.6 Å². The predicted octanol–water partition coefficient (Wildman–Crippen LogP) is 0.890. The van der Waals surface area contributed by atoms with E-state index in [1.54, 1.807) is 0 Å². The Bertz CT molecular complexity index is 436. The lowest BCUT2D eigenvalue weighted by atomic mass is 9.89. The molecule has 7 nitrogen and oxygen atoms in total. The standard InChI is InChI=1S/C9H11ClN4O3/c10-7-3-6(8(11)14-13-7)17-5-1-4(2-5)12-9(15)16/h3-5,12H,1-2H2,(H2,11,14)(H,15,16)/t4-,5-. The first-order valence-corrected chi connectivity index (χ1v) is 5.37. The molecule has 92 valence electrons. The molecule has 2 rings (SSSR count). The average Bonchev–Trinajstić information content (AvgIpc) is 2.19. The second-order valence-corrected chi connectivity index (χ2v) is 4.16. The molecule has 1 aromatic heterocycles. The van der Waals surface area contributed by atoms with Gasteiger partial charge in [0.25, 0.3) is 0 Å². The van der Waals surface area contributed by atoms with Gasteiger partial charge < -0.3 is 20.9 Å². The number of hydrogen-bond acceptors (Lipinski definition) is 5. The third kappa shape index (κ3) is 2.88. The number of anilines is 1. The molecule has 0 aliphatic heterocycles. The van der Waals surface area contributed by atoms with Crippen LogP contribution in [0.4, 0.5) is 10.6 Å². The fourth-order valence-electron chi connectivity index (χ4n) is 1.59. The number of hydrogen-bond donors (Lipinski definition) is 3. The van der Waals surface area contributed by atoms with Crippen molar-refractivity contribution in [1.29, 1.82) is 0 Å². The van der Waals surface area contributed by atoms with Crippen molar-refractivity contribution >= 4 is 23.5 Å². The Hall–Kier alpha value is -1.76. The Labute approximate surface area is 102 Å². The van der Waals surface area contributed by atoms with Crippen molar-refractivity contribution in [2.45, 2.75) is 25.0 Å². The Balaban J connectivity index is 1.87. The monoisotopic (exact) mass is 258 g/mol. The van der Waals surface area contributed by atoms with Crippen LogP contribution < -0.4 is 15.8 Å². The Morgan fingerprint density at radius 1 is 1.59 bits per heavy atom. The first-order chi connectivity index (χ1) is 8.04. The van der Waals surface area contributed by atoms with Crippen LogP contribution in [0.15, 0.2) is 6.07 Å². The fourth-order valence-corrected chi connectivity index (χ4v) is 1.73. The number of carbonyl (C=O) groups is 1. The van der Waals surface area contributed by atoms with E-state index in [-0.39, 0.29) is 23.1 Å². The third-order valence-electron chi connectivity index (χ3n) is 2.47. The van der Waals surface area contributed by atoms with Gasteiger partial charge >= 0.3 is 6.09 Å². The summed E-state index contributed by atoms with van der Waals surface area (Å²) in [6.07, 6.45) is 0.105. The summed E-state index contributed by atoms with van der Waals surface area (Å²) in [5, 5.41) is 18.3. The van der Waals surface area contributed by atoms with E-state index in [4.69, 9.17) is 27.2 Å². The summed E-state index contributed by atoms with van der Waals surface area (Å²) in [5.41, 5.74) is 5.56. The summed E-state index contributed by atoms with van der Waals surface area (Å²) in [7, 11) is 0.